The molecule has 0 saturated heterocycles. The van der Waals surface area contributed by atoms with Crippen LogP contribution in [0.25, 0.3) is 76.9 Å². The Morgan fingerprint density at radius 1 is 0.385 bits per heavy atom. The standard InChI is InChI=1S/C38H24O/c1-2-13-25(14-3-1)26-15-4-5-17-28(26)36-29-18-6-8-20-31(29)37(32-21-9-7-19-30(32)36)34-23-12-22-33-27-16-10-11-24-35(27)39-38(33)34/h1-24H/i1D,2D,3D,5D,6D,7D,8D,9D,10D,11D,12D,13D,14D,15D,16D,17D,18D,19D,20D,21D,22D,23D,24D. The summed E-state index contributed by atoms with van der Waals surface area (Å²) in [6.07, 6.45) is 0. The quantitative estimate of drug-likeness (QED) is 0.212. The molecule has 0 saturated carbocycles. The molecule has 7 aromatic carbocycles. The molecule has 1 nitrogen and oxygen atoms in total. The van der Waals surface area contributed by atoms with E-state index in [0.29, 0.717) is 0 Å². The van der Waals surface area contributed by atoms with Crippen LogP contribution in [-0.4, -0.2) is 0 Å². The summed E-state index contributed by atoms with van der Waals surface area (Å²) in [4.78, 5) is 0. The molecular formula is C38H24O. The molecule has 0 N–H and O–H groups in total. The minimum atomic E-state index is -0.940. The summed E-state index contributed by atoms with van der Waals surface area (Å²) in [5, 5.41) is -3.45. The number of hydrogen-bond acceptors (Lipinski definition) is 1. The Kier molecular flexibility index (Phi) is 2.00. The topological polar surface area (TPSA) is 13.1 Å². The highest BCUT2D eigenvalue weighted by atomic mass is 16.3. The van der Waals surface area contributed by atoms with Gasteiger partial charge in [0.15, 0.2) is 0 Å². The normalized spacial score (nSPS) is 19.8. The molecule has 0 bridgehead atoms. The first-order chi connectivity index (χ1) is 28.9. The molecule has 0 unspecified atom stereocenters. The maximum atomic E-state index is 9.36. The van der Waals surface area contributed by atoms with Gasteiger partial charge in [-0.15, -0.1) is 0 Å². The Hall–Kier alpha value is -5.14. The van der Waals surface area contributed by atoms with Crippen LogP contribution in [0.3, 0.4) is 0 Å². The lowest BCUT2D eigenvalue weighted by atomic mass is 9.83. The average molecular weight is 520 g/mol. The van der Waals surface area contributed by atoms with Crippen LogP contribution in [0.4, 0.5) is 0 Å². The van der Waals surface area contributed by atoms with E-state index in [9.17, 15) is 8.22 Å². The number of benzene rings is 7. The average Bonchev–Trinajstić information content (AvgIpc) is 3.64. The van der Waals surface area contributed by atoms with Gasteiger partial charge in [0.05, 0.1) is 31.5 Å². The first-order valence-electron chi connectivity index (χ1n) is 23.0. The molecule has 0 spiro atoms. The van der Waals surface area contributed by atoms with Gasteiger partial charge in [-0.3, -0.25) is 0 Å². The van der Waals surface area contributed by atoms with Crippen molar-refractivity contribution < 1.29 is 35.9 Å². The first-order valence-corrected chi connectivity index (χ1v) is 11.5. The summed E-state index contributed by atoms with van der Waals surface area (Å²) >= 11 is 0. The Balaban J connectivity index is 1.79. The van der Waals surface area contributed by atoms with Crippen LogP contribution in [0.5, 0.6) is 0 Å². The molecular weight excluding hydrogens is 472 g/mol. The number of fused-ring (bicyclic) bond motifs is 5. The maximum Gasteiger partial charge on any atom is 0.143 e. The number of hydrogen-bond donors (Lipinski definition) is 0. The monoisotopic (exact) mass is 519 g/mol. The summed E-state index contributed by atoms with van der Waals surface area (Å²) < 4.78 is 209. The van der Waals surface area contributed by atoms with Gasteiger partial charge in [-0.1, -0.05) is 139 Å². The summed E-state index contributed by atoms with van der Waals surface area (Å²) in [6.45, 7) is 0. The fourth-order valence-electron chi connectivity index (χ4n) is 4.74. The third kappa shape index (κ3) is 3.34. The van der Waals surface area contributed by atoms with Crippen molar-refractivity contribution in [1.29, 1.82) is 0 Å². The first kappa shape index (κ1) is 8.97. The van der Waals surface area contributed by atoms with Crippen LogP contribution in [0.15, 0.2) is 149 Å². The predicted molar refractivity (Wildman–Crippen MR) is 165 cm³/mol. The molecule has 8 aromatic rings. The van der Waals surface area contributed by atoms with Crippen LogP contribution < -0.4 is 0 Å². The Morgan fingerprint density at radius 3 is 1.62 bits per heavy atom. The highest BCUT2D eigenvalue weighted by molar-refractivity contribution is 6.24. The van der Waals surface area contributed by atoms with Crippen molar-refractivity contribution in [3.63, 3.8) is 0 Å². The van der Waals surface area contributed by atoms with Gasteiger partial charge in [0.25, 0.3) is 0 Å². The van der Waals surface area contributed by atoms with Crippen molar-refractivity contribution in [2.24, 2.45) is 0 Å². The lowest BCUT2D eigenvalue weighted by molar-refractivity contribution is 0.670. The molecule has 1 heterocycles. The maximum absolute atomic E-state index is 9.36. The lowest BCUT2D eigenvalue weighted by Gasteiger charge is -2.19. The van der Waals surface area contributed by atoms with E-state index in [2.05, 4.69) is 0 Å². The van der Waals surface area contributed by atoms with Gasteiger partial charge >= 0.3 is 0 Å². The van der Waals surface area contributed by atoms with Crippen molar-refractivity contribution in [2.45, 2.75) is 0 Å². The van der Waals surface area contributed by atoms with Gasteiger partial charge in [0.1, 0.15) is 11.2 Å². The molecule has 0 radical (unpaired) electrons. The van der Waals surface area contributed by atoms with Crippen molar-refractivity contribution in [1.82, 2.24) is 0 Å². The Morgan fingerprint density at radius 2 is 0.923 bits per heavy atom. The minimum absolute atomic E-state index is 0.392. The smallest absolute Gasteiger partial charge is 0.143 e. The highest BCUT2D eigenvalue weighted by Crippen LogP contribution is 2.47. The zero-order valence-electron chi connectivity index (χ0n) is 42.5. The fourth-order valence-corrected chi connectivity index (χ4v) is 4.74. The molecule has 0 fully saturated rings. The Bertz CT molecular complexity index is 3330. The van der Waals surface area contributed by atoms with Crippen LogP contribution in [-0.2, 0) is 0 Å². The van der Waals surface area contributed by atoms with Gasteiger partial charge in [-0.05, 0) is 49.8 Å². The molecule has 1 heteroatoms. The van der Waals surface area contributed by atoms with Crippen molar-refractivity contribution in [3.05, 3.63) is 145 Å². The highest BCUT2D eigenvalue weighted by Gasteiger charge is 2.21. The van der Waals surface area contributed by atoms with E-state index in [1.807, 2.05) is 0 Å². The van der Waals surface area contributed by atoms with Crippen LogP contribution in [0.1, 0.15) is 31.5 Å². The van der Waals surface area contributed by atoms with Crippen LogP contribution in [0.2, 0.25) is 0 Å². The molecule has 8 rings (SSSR count). The van der Waals surface area contributed by atoms with Gasteiger partial charge in [0.2, 0.25) is 0 Å². The second-order valence-corrected chi connectivity index (χ2v) is 8.32. The van der Waals surface area contributed by atoms with E-state index in [4.69, 9.17) is 27.7 Å². The predicted octanol–water partition coefficient (Wildman–Crippen LogP) is 10.9. The van der Waals surface area contributed by atoms with Crippen LogP contribution >= 0.6 is 0 Å². The third-order valence-corrected chi connectivity index (χ3v) is 6.30. The molecule has 0 amide bonds. The zero-order valence-corrected chi connectivity index (χ0v) is 19.5. The third-order valence-electron chi connectivity index (χ3n) is 6.30. The van der Waals surface area contributed by atoms with Gasteiger partial charge in [-0.25, -0.2) is 0 Å². The molecule has 39 heavy (non-hydrogen) atoms. The largest absolute Gasteiger partial charge is 0.455 e. The van der Waals surface area contributed by atoms with E-state index in [1.165, 1.54) is 0 Å². The fraction of sp³-hybridized carbons (Fsp3) is 0. The van der Waals surface area contributed by atoms with Crippen molar-refractivity contribution in [2.75, 3.05) is 0 Å². The molecule has 182 valence electrons. The summed E-state index contributed by atoms with van der Waals surface area (Å²) in [5.74, 6) is 0. The molecule has 0 aliphatic carbocycles. The second kappa shape index (κ2) is 8.72. The SMILES string of the molecule is [2H]c1cc([2H])c(-c2c([2H])c([2H])c([2H])c([2H])c2[2H])c(-c2c3c([2H])c([2H])c([2H])c([2H])c3c(-c3c([2H])c([2H])c([2H])c4c3oc3c([2H])c([2H])c([2H])c([2H])c34)c3c([2H])c([2H])c([2H])c([2H])c23)c1[2H]. The molecule has 0 atom stereocenters. The number of furan rings is 1. The molecule has 0 aliphatic rings. The van der Waals surface area contributed by atoms with Crippen molar-refractivity contribution in [3.8, 4) is 33.4 Å². The van der Waals surface area contributed by atoms with E-state index in [-0.39, 0.29) is 0 Å². The molecule has 1 aromatic heterocycles. The van der Waals surface area contributed by atoms with Gasteiger partial charge in [-0.2, -0.15) is 0 Å². The number of para-hydroxylation sites is 2. The zero-order chi connectivity index (χ0) is 45.8. The Labute approximate surface area is 258 Å². The lowest BCUT2D eigenvalue weighted by Crippen LogP contribution is -1.92. The number of rotatable bonds is 3. The summed E-state index contributed by atoms with van der Waals surface area (Å²) in [7, 11) is 0. The van der Waals surface area contributed by atoms with E-state index < -0.39 is 216 Å². The summed E-state index contributed by atoms with van der Waals surface area (Å²) in [6, 6.07) is -18.7. The van der Waals surface area contributed by atoms with Crippen molar-refractivity contribution >= 4 is 43.5 Å². The van der Waals surface area contributed by atoms with Gasteiger partial charge in [0, 0.05) is 21.9 Å². The van der Waals surface area contributed by atoms with E-state index >= 15 is 0 Å². The molecule has 0 aliphatic heterocycles. The minimum Gasteiger partial charge on any atom is -0.455 e. The second-order valence-electron chi connectivity index (χ2n) is 8.32. The summed E-state index contributed by atoms with van der Waals surface area (Å²) in [5.41, 5.74) is -5.01. The van der Waals surface area contributed by atoms with E-state index in [1.54, 1.807) is 0 Å². The van der Waals surface area contributed by atoms with Crippen LogP contribution in [0, 0.1) is 0 Å². The van der Waals surface area contributed by atoms with Gasteiger partial charge < -0.3 is 4.42 Å². The van der Waals surface area contributed by atoms with E-state index in [0.717, 1.165) is 6.07 Å².